The molecule has 0 spiro atoms. The molecule has 1 saturated carbocycles. The van der Waals surface area contributed by atoms with Gasteiger partial charge in [0.2, 0.25) is 5.91 Å². The van der Waals surface area contributed by atoms with Gasteiger partial charge in [0, 0.05) is 23.7 Å². The van der Waals surface area contributed by atoms with Gasteiger partial charge in [-0.05, 0) is 31.4 Å². The lowest BCUT2D eigenvalue weighted by atomic mass is 9.85. The molecular formula is C15H23ClN2O3. The summed E-state index contributed by atoms with van der Waals surface area (Å²) >= 11 is 0. The van der Waals surface area contributed by atoms with Crippen molar-refractivity contribution in [1.82, 2.24) is 0 Å². The normalized spacial score (nSPS) is 21.1. The highest BCUT2D eigenvalue weighted by Gasteiger charge is 2.25. The Kier molecular flexibility index (Phi) is 6.78. The minimum absolute atomic E-state index is 0. The van der Waals surface area contributed by atoms with E-state index in [2.05, 4.69) is 5.32 Å². The van der Waals surface area contributed by atoms with Crippen LogP contribution in [0.3, 0.4) is 0 Å². The molecule has 2 rings (SSSR count). The number of benzene rings is 1. The van der Waals surface area contributed by atoms with Crippen LogP contribution in [0.25, 0.3) is 0 Å². The molecule has 0 aromatic heterocycles. The molecule has 1 fully saturated rings. The standard InChI is InChI=1S/C15H22N2O3.ClH/c1-19-13-7-6-12(9-14(13)20-2)17-15(18)10-4-3-5-11(16)8-10;/h6-7,9-11H,3-5,8,16H2,1-2H3,(H,17,18);1H. The second-order valence-corrected chi connectivity index (χ2v) is 5.18. The third kappa shape index (κ3) is 4.51. The zero-order valence-electron chi connectivity index (χ0n) is 12.4. The van der Waals surface area contributed by atoms with Crippen LogP contribution >= 0.6 is 12.4 Å². The topological polar surface area (TPSA) is 73.6 Å². The van der Waals surface area contributed by atoms with Crippen molar-refractivity contribution in [1.29, 1.82) is 0 Å². The zero-order valence-corrected chi connectivity index (χ0v) is 13.2. The van der Waals surface area contributed by atoms with Crippen LogP contribution < -0.4 is 20.5 Å². The van der Waals surface area contributed by atoms with Crippen molar-refractivity contribution in [2.75, 3.05) is 19.5 Å². The first-order valence-electron chi connectivity index (χ1n) is 6.92. The average Bonchev–Trinajstić information content (AvgIpc) is 2.47. The SMILES string of the molecule is COc1ccc(NC(=O)C2CCCC(N)C2)cc1OC.Cl. The number of anilines is 1. The fourth-order valence-electron chi connectivity index (χ4n) is 2.62. The first-order valence-corrected chi connectivity index (χ1v) is 6.92. The number of methoxy groups -OCH3 is 2. The summed E-state index contributed by atoms with van der Waals surface area (Å²) in [6.45, 7) is 0. The predicted molar refractivity (Wildman–Crippen MR) is 85.4 cm³/mol. The molecule has 3 N–H and O–H groups in total. The van der Waals surface area contributed by atoms with E-state index in [1.165, 1.54) is 0 Å². The summed E-state index contributed by atoms with van der Waals surface area (Å²) in [5.41, 5.74) is 6.64. The van der Waals surface area contributed by atoms with Gasteiger partial charge in [0.05, 0.1) is 14.2 Å². The highest BCUT2D eigenvalue weighted by Crippen LogP contribution is 2.30. The Morgan fingerprint density at radius 1 is 1.24 bits per heavy atom. The van der Waals surface area contributed by atoms with Crippen molar-refractivity contribution in [3.63, 3.8) is 0 Å². The Morgan fingerprint density at radius 2 is 1.95 bits per heavy atom. The zero-order chi connectivity index (χ0) is 14.5. The maximum atomic E-state index is 12.2. The number of carbonyl (C=O) groups is 1. The molecule has 2 unspecified atom stereocenters. The van der Waals surface area contributed by atoms with Gasteiger partial charge in [-0.2, -0.15) is 0 Å². The molecule has 1 aliphatic rings. The summed E-state index contributed by atoms with van der Waals surface area (Å²) in [5.74, 6) is 1.29. The van der Waals surface area contributed by atoms with Gasteiger partial charge < -0.3 is 20.5 Å². The van der Waals surface area contributed by atoms with Crippen LogP contribution in [-0.4, -0.2) is 26.2 Å². The highest BCUT2D eigenvalue weighted by molar-refractivity contribution is 5.93. The van der Waals surface area contributed by atoms with Crippen LogP contribution in [0.15, 0.2) is 18.2 Å². The van der Waals surface area contributed by atoms with Crippen molar-refractivity contribution in [3.05, 3.63) is 18.2 Å². The Hall–Kier alpha value is -1.46. The molecule has 1 aromatic carbocycles. The molecule has 2 atom stereocenters. The number of ether oxygens (including phenoxy) is 2. The molecule has 5 nitrogen and oxygen atoms in total. The van der Waals surface area contributed by atoms with Crippen LogP contribution in [0.1, 0.15) is 25.7 Å². The summed E-state index contributed by atoms with van der Waals surface area (Å²) in [5, 5.41) is 2.93. The minimum Gasteiger partial charge on any atom is -0.493 e. The van der Waals surface area contributed by atoms with Crippen molar-refractivity contribution < 1.29 is 14.3 Å². The third-order valence-corrected chi connectivity index (χ3v) is 3.74. The van der Waals surface area contributed by atoms with Crippen LogP contribution in [0.2, 0.25) is 0 Å². The number of nitrogens with two attached hydrogens (primary N) is 1. The lowest BCUT2D eigenvalue weighted by Crippen LogP contribution is -2.34. The number of amides is 1. The van der Waals surface area contributed by atoms with Gasteiger partial charge in [0.25, 0.3) is 0 Å². The third-order valence-electron chi connectivity index (χ3n) is 3.74. The molecule has 1 aromatic rings. The van der Waals surface area contributed by atoms with Crippen LogP contribution in [0.4, 0.5) is 5.69 Å². The number of rotatable bonds is 4. The molecule has 0 aliphatic heterocycles. The van der Waals surface area contributed by atoms with E-state index in [1.54, 1.807) is 26.4 Å². The molecule has 118 valence electrons. The van der Waals surface area contributed by atoms with Gasteiger partial charge in [0.15, 0.2) is 11.5 Å². The van der Waals surface area contributed by atoms with E-state index in [1.807, 2.05) is 6.07 Å². The van der Waals surface area contributed by atoms with E-state index >= 15 is 0 Å². The Bertz CT molecular complexity index is 482. The second kappa shape index (κ2) is 8.10. The summed E-state index contributed by atoms with van der Waals surface area (Å²) < 4.78 is 10.4. The lowest BCUT2D eigenvalue weighted by Gasteiger charge is -2.25. The molecule has 1 amide bonds. The van der Waals surface area contributed by atoms with E-state index < -0.39 is 0 Å². The number of hydrogen-bond donors (Lipinski definition) is 2. The van der Waals surface area contributed by atoms with Gasteiger partial charge in [-0.3, -0.25) is 4.79 Å². The minimum atomic E-state index is 0. The maximum absolute atomic E-state index is 12.2. The molecule has 0 heterocycles. The monoisotopic (exact) mass is 314 g/mol. The Morgan fingerprint density at radius 3 is 2.57 bits per heavy atom. The highest BCUT2D eigenvalue weighted by atomic mass is 35.5. The van der Waals surface area contributed by atoms with E-state index in [0.717, 1.165) is 25.7 Å². The van der Waals surface area contributed by atoms with Gasteiger partial charge >= 0.3 is 0 Å². The first-order chi connectivity index (χ1) is 9.63. The van der Waals surface area contributed by atoms with Gasteiger partial charge in [0.1, 0.15) is 0 Å². The molecular weight excluding hydrogens is 292 g/mol. The number of hydrogen-bond acceptors (Lipinski definition) is 4. The molecule has 0 saturated heterocycles. The Labute approximate surface area is 131 Å². The molecule has 0 bridgehead atoms. The summed E-state index contributed by atoms with van der Waals surface area (Å²) in [6.07, 6.45) is 3.71. The van der Waals surface area contributed by atoms with E-state index in [9.17, 15) is 4.79 Å². The van der Waals surface area contributed by atoms with Crippen LogP contribution in [0, 0.1) is 5.92 Å². The summed E-state index contributed by atoms with van der Waals surface area (Å²) in [4.78, 5) is 12.2. The molecule has 6 heteroatoms. The number of halogens is 1. The van der Waals surface area contributed by atoms with Crippen molar-refractivity contribution in [2.45, 2.75) is 31.7 Å². The van der Waals surface area contributed by atoms with E-state index in [4.69, 9.17) is 15.2 Å². The second-order valence-electron chi connectivity index (χ2n) is 5.18. The number of nitrogens with one attached hydrogen (secondary N) is 1. The fourth-order valence-corrected chi connectivity index (χ4v) is 2.62. The van der Waals surface area contributed by atoms with E-state index in [0.29, 0.717) is 17.2 Å². The van der Waals surface area contributed by atoms with Crippen molar-refractivity contribution in [3.8, 4) is 11.5 Å². The lowest BCUT2D eigenvalue weighted by molar-refractivity contribution is -0.120. The summed E-state index contributed by atoms with van der Waals surface area (Å²) in [7, 11) is 3.16. The quantitative estimate of drug-likeness (QED) is 0.896. The average molecular weight is 315 g/mol. The van der Waals surface area contributed by atoms with Crippen molar-refractivity contribution in [2.24, 2.45) is 11.7 Å². The van der Waals surface area contributed by atoms with Gasteiger partial charge in [-0.25, -0.2) is 0 Å². The van der Waals surface area contributed by atoms with Gasteiger partial charge in [-0.1, -0.05) is 6.42 Å². The fraction of sp³-hybridized carbons (Fsp3) is 0.533. The maximum Gasteiger partial charge on any atom is 0.227 e. The predicted octanol–water partition coefficient (Wildman–Crippen LogP) is 2.58. The van der Waals surface area contributed by atoms with Crippen molar-refractivity contribution >= 4 is 24.0 Å². The Balaban J connectivity index is 0.00000220. The van der Waals surface area contributed by atoms with E-state index in [-0.39, 0.29) is 30.3 Å². The van der Waals surface area contributed by atoms with Crippen LogP contribution in [-0.2, 0) is 4.79 Å². The smallest absolute Gasteiger partial charge is 0.227 e. The van der Waals surface area contributed by atoms with Gasteiger partial charge in [-0.15, -0.1) is 12.4 Å². The first kappa shape index (κ1) is 17.6. The van der Waals surface area contributed by atoms with Crippen LogP contribution in [0.5, 0.6) is 11.5 Å². The largest absolute Gasteiger partial charge is 0.493 e. The molecule has 1 aliphatic carbocycles. The molecule has 21 heavy (non-hydrogen) atoms. The molecule has 0 radical (unpaired) electrons. The number of carbonyl (C=O) groups excluding carboxylic acids is 1. The summed E-state index contributed by atoms with van der Waals surface area (Å²) in [6, 6.07) is 5.49.